The van der Waals surface area contributed by atoms with E-state index in [9.17, 15) is 5.11 Å². The molecule has 1 aliphatic carbocycles. The predicted molar refractivity (Wildman–Crippen MR) is 61.2 cm³/mol. The first-order valence-corrected chi connectivity index (χ1v) is 5.61. The van der Waals surface area contributed by atoms with Crippen LogP contribution in [0.5, 0.6) is 0 Å². The van der Waals surface area contributed by atoms with Crippen LogP contribution in [-0.2, 0) is 6.42 Å². The van der Waals surface area contributed by atoms with Gasteiger partial charge in [0.1, 0.15) is 0 Å². The maximum absolute atomic E-state index is 9.87. The standard InChI is InChI=1S/C12H12ClNO/c13-7-4-5-10-9(6-7)8-2-1-3-11(15)12(8)14-10/h4-6,11,14-15H,1-3H2/t11-/m1/s1. The normalized spacial score (nSPS) is 20.5. The van der Waals surface area contributed by atoms with Crippen LogP contribution in [0.4, 0.5) is 0 Å². The van der Waals surface area contributed by atoms with Gasteiger partial charge in [-0.3, -0.25) is 0 Å². The van der Waals surface area contributed by atoms with Crippen molar-refractivity contribution in [3.8, 4) is 0 Å². The highest BCUT2D eigenvalue weighted by Gasteiger charge is 2.22. The van der Waals surface area contributed by atoms with E-state index in [2.05, 4.69) is 4.98 Å². The van der Waals surface area contributed by atoms with Crippen LogP contribution in [0.3, 0.4) is 0 Å². The second-order valence-electron chi connectivity index (χ2n) is 4.12. The van der Waals surface area contributed by atoms with Crippen LogP contribution in [0.15, 0.2) is 18.2 Å². The van der Waals surface area contributed by atoms with Gasteiger partial charge in [-0.05, 0) is 43.0 Å². The van der Waals surface area contributed by atoms with Crippen molar-refractivity contribution in [2.45, 2.75) is 25.4 Å². The highest BCUT2D eigenvalue weighted by Crippen LogP contribution is 2.35. The van der Waals surface area contributed by atoms with Crippen molar-refractivity contribution in [3.63, 3.8) is 0 Å². The summed E-state index contributed by atoms with van der Waals surface area (Å²) in [4.78, 5) is 3.28. The molecule has 1 heterocycles. The van der Waals surface area contributed by atoms with Gasteiger partial charge in [0.05, 0.1) is 6.10 Å². The molecule has 0 bridgehead atoms. The van der Waals surface area contributed by atoms with Gasteiger partial charge in [0.25, 0.3) is 0 Å². The summed E-state index contributed by atoms with van der Waals surface area (Å²) >= 11 is 5.98. The number of aliphatic hydroxyl groups is 1. The molecule has 0 fully saturated rings. The molecule has 15 heavy (non-hydrogen) atoms. The molecule has 0 amide bonds. The van der Waals surface area contributed by atoms with Crippen LogP contribution in [-0.4, -0.2) is 10.1 Å². The summed E-state index contributed by atoms with van der Waals surface area (Å²) in [6.07, 6.45) is 2.61. The summed E-state index contributed by atoms with van der Waals surface area (Å²) in [7, 11) is 0. The van der Waals surface area contributed by atoms with E-state index in [0.29, 0.717) is 0 Å². The summed E-state index contributed by atoms with van der Waals surface area (Å²) < 4.78 is 0. The van der Waals surface area contributed by atoms with Crippen LogP contribution >= 0.6 is 11.6 Å². The second-order valence-corrected chi connectivity index (χ2v) is 4.55. The Morgan fingerprint density at radius 1 is 1.40 bits per heavy atom. The molecule has 78 valence electrons. The van der Waals surface area contributed by atoms with Crippen LogP contribution in [0.2, 0.25) is 5.02 Å². The zero-order valence-electron chi connectivity index (χ0n) is 8.26. The molecular formula is C12H12ClNO. The second kappa shape index (κ2) is 3.26. The van der Waals surface area contributed by atoms with Crippen molar-refractivity contribution in [1.29, 1.82) is 0 Å². The first-order valence-electron chi connectivity index (χ1n) is 5.24. The number of aromatic nitrogens is 1. The number of H-pyrrole nitrogens is 1. The molecule has 0 unspecified atom stereocenters. The number of nitrogens with one attached hydrogen (secondary N) is 1. The molecule has 2 aromatic rings. The van der Waals surface area contributed by atoms with Crippen LogP contribution in [0.1, 0.15) is 30.2 Å². The summed E-state index contributed by atoms with van der Waals surface area (Å²) in [5, 5.41) is 11.8. The van der Waals surface area contributed by atoms with Gasteiger partial charge in [-0.1, -0.05) is 11.6 Å². The van der Waals surface area contributed by atoms with E-state index in [1.807, 2.05) is 18.2 Å². The highest BCUT2D eigenvalue weighted by molar-refractivity contribution is 6.31. The molecular weight excluding hydrogens is 210 g/mol. The molecule has 0 spiro atoms. The number of fused-ring (bicyclic) bond motifs is 3. The minimum atomic E-state index is -0.333. The lowest BCUT2D eigenvalue weighted by atomic mass is 9.94. The molecule has 0 radical (unpaired) electrons. The quantitative estimate of drug-likeness (QED) is 0.704. The topological polar surface area (TPSA) is 36.0 Å². The van der Waals surface area contributed by atoms with Gasteiger partial charge < -0.3 is 10.1 Å². The SMILES string of the molecule is O[C@@H]1CCCc2c1[nH]c1ccc(Cl)cc21. The third-order valence-electron chi connectivity index (χ3n) is 3.14. The van der Waals surface area contributed by atoms with Gasteiger partial charge >= 0.3 is 0 Å². The molecule has 0 aliphatic heterocycles. The fourth-order valence-corrected chi connectivity index (χ4v) is 2.58. The number of hydrogen-bond acceptors (Lipinski definition) is 1. The van der Waals surface area contributed by atoms with Gasteiger partial charge in [-0.25, -0.2) is 0 Å². The van der Waals surface area contributed by atoms with E-state index in [-0.39, 0.29) is 6.10 Å². The lowest BCUT2D eigenvalue weighted by Gasteiger charge is -2.17. The van der Waals surface area contributed by atoms with Crippen molar-refractivity contribution in [2.24, 2.45) is 0 Å². The molecule has 3 rings (SSSR count). The smallest absolute Gasteiger partial charge is 0.0941 e. The fraction of sp³-hybridized carbons (Fsp3) is 0.333. The Hall–Kier alpha value is -0.990. The third-order valence-corrected chi connectivity index (χ3v) is 3.37. The van der Waals surface area contributed by atoms with Crippen molar-refractivity contribution < 1.29 is 5.11 Å². The number of benzene rings is 1. The third kappa shape index (κ3) is 1.36. The average molecular weight is 222 g/mol. The van der Waals surface area contributed by atoms with Crippen molar-refractivity contribution in [1.82, 2.24) is 4.98 Å². The first kappa shape index (κ1) is 9.25. The van der Waals surface area contributed by atoms with Crippen LogP contribution in [0.25, 0.3) is 10.9 Å². The molecule has 1 aromatic carbocycles. The van der Waals surface area contributed by atoms with E-state index in [1.165, 1.54) is 5.56 Å². The van der Waals surface area contributed by atoms with Gasteiger partial charge in [-0.15, -0.1) is 0 Å². The first-order chi connectivity index (χ1) is 7.25. The molecule has 1 aromatic heterocycles. The van der Waals surface area contributed by atoms with E-state index < -0.39 is 0 Å². The Balaban J connectivity index is 2.31. The van der Waals surface area contributed by atoms with Crippen molar-refractivity contribution in [3.05, 3.63) is 34.5 Å². The lowest BCUT2D eigenvalue weighted by molar-refractivity contribution is 0.153. The molecule has 2 N–H and O–H groups in total. The summed E-state index contributed by atoms with van der Waals surface area (Å²) in [6.45, 7) is 0. The molecule has 0 saturated carbocycles. The minimum absolute atomic E-state index is 0.333. The van der Waals surface area contributed by atoms with Crippen LogP contribution < -0.4 is 0 Å². The van der Waals surface area contributed by atoms with Crippen LogP contribution in [0, 0.1) is 0 Å². The van der Waals surface area contributed by atoms with Gasteiger partial charge in [0.15, 0.2) is 0 Å². The average Bonchev–Trinajstić information content (AvgIpc) is 2.58. The van der Waals surface area contributed by atoms with E-state index in [4.69, 9.17) is 11.6 Å². The largest absolute Gasteiger partial charge is 0.387 e. The Bertz CT molecular complexity index is 518. The maximum Gasteiger partial charge on any atom is 0.0941 e. The summed E-state index contributed by atoms with van der Waals surface area (Å²) in [5.41, 5.74) is 3.30. The molecule has 1 atom stereocenters. The molecule has 3 heteroatoms. The number of hydrogen-bond donors (Lipinski definition) is 2. The van der Waals surface area contributed by atoms with Gasteiger partial charge in [-0.2, -0.15) is 0 Å². The minimum Gasteiger partial charge on any atom is -0.387 e. The number of aryl methyl sites for hydroxylation is 1. The van der Waals surface area contributed by atoms with Gasteiger partial charge in [0.2, 0.25) is 0 Å². The van der Waals surface area contributed by atoms with E-state index in [0.717, 1.165) is 40.9 Å². The van der Waals surface area contributed by atoms with Crippen molar-refractivity contribution >= 4 is 22.5 Å². The number of aromatic amines is 1. The van der Waals surface area contributed by atoms with Gasteiger partial charge in [0, 0.05) is 21.6 Å². The monoisotopic (exact) mass is 221 g/mol. The molecule has 1 aliphatic rings. The highest BCUT2D eigenvalue weighted by atomic mass is 35.5. The Kier molecular flexibility index (Phi) is 2.01. The fourth-order valence-electron chi connectivity index (χ4n) is 2.41. The Morgan fingerprint density at radius 2 is 2.27 bits per heavy atom. The predicted octanol–water partition coefficient (Wildman–Crippen LogP) is 3.19. The lowest BCUT2D eigenvalue weighted by Crippen LogP contribution is -2.07. The Labute approximate surface area is 92.9 Å². The number of halogens is 1. The summed E-state index contributed by atoms with van der Waals surface area (Å²) in [5.74, 6) is 0. The van der Waals surface area contributed by atoms with E-state index in [1.54, 1.807) is 0 Å². The summed E-state index contributed by atoms with van der Waals surface area (Å²) in [6, 6.07) is 5.82. The Morgan fingerprint density at radius 3 is 3.13 bits per heavy atom. The molecule has 0 saturated heterocycles. The van der Waals surface area contributed by atoms with Crippen molar-refractivity contribution in [2.75, 3.05) is 0 Å². The number of rotatable bonds is 0. The van der Waals surface area contributed by atoms with E-state index >= 15 is 0 Å². The molecule has 2 nitrogen and oxygen atoms in total. The number of aliphatic hydroxyl groups excluding tert-OH is 1. The maximum atomic E-state index is 9.87. The zero-order chi connectivity index (χ0) is 10.4. The zero-order valence-corrected chi connectivity index (χ0v) is 9.01.